The molecule has 238 valence electrons. The SMILES string of the molecule is C#CCCN(C(=O)Nc1cc(C(N)=O)c(F)cc1F)C1CCN(Cc2ccc(Oc3ccc(NS(C)(=O)=O)cc3)nc2C)CC1. The van der Waals surface area contributed by atoms with E-state index < -0.39 is 39.2 Å². The van der Waals surface area contributed by atoms with Crippen LogP contribution in [0.2, 0.25) is 0 Å². The van der Waals surface area contributed by atoms with Crippen molar-refractivity contribution >= 4 is 33.3 Å². The molecular formula is C31H34F2N6O5S. The minimum Gasteiger partial charge on any atom is -0.439 e. The molecule has 14 heteroatoms. The molecule has 4 rings (SSSR count). The minimum absolute atomic E-state index is 0.178. The molecule has 0 atom stereocenters. The first kappa shape index (κ1) is 33.2. The van der Waals surface area contributed by atoms with Crippen LogP contribution in [0.25, 0.3) is 0 Å². The van der Waals surface area contributed by atoms with Crippen molar-refractivity contribution in [2.45, 2.75) is 38.8 Å². The Hall–Kier alpha value is -4.74. The highest BCUT2D eigenvalue weighted by atomic mass is 32.2. The van der Waals surface area contributed by atoms with E-state index in [1.807, 2.05) is 13.0 Å². The molecule has 11 nitrogen and oxygen atoms in total. The monoisotopic (exact) mass is 640 g/mol. The van der Waals surface area contributed by atoms with E-state index in [4.69, 9.17) is 16.9 Å². The lowest BCUT2D eigenvalue weighted by molar-refractivity contribution is 0.0996. The number of halogens is 2. The number of urea groups is 1. The van der Waals surface area contributed by atoms with E-state index >= 15 is 0 Å². The van der Waals surface area contributed by atoms with Crippen molar-refractivity contribution in [2.75, 3.05) is 35.9 Å². The Labute approximate surface area is 260 Å². The molecule has 0 bridgehead atoms. The van der Waals surface area contributed by atoms with Gasteiger partial charge in [-0.2, -0.15) is 0 Å². The van der Waals surface area contributed by atoms with E-state index in [1.54, 1.807) is 35.2 Å². The third kappa shape index (κ3) is 9.13. The number of anilines is 2. The van der Waals surface area contributed by atoms with Gasteiger partial charge in [-0.05, 0) is 55.7 Å². The van der Waals surface area contributed by atoms with Crippen molar-refractivity contribution in [3.05, 3.63) is 77.0 Å². The van der Waals surface area contributed by atoms with Gasteiger partial charge in [0.1, 0.15) is 17.4 Å². The van der Waals surface area contributed by atoms with Crippen molar-refractivity contribution in [3.8, 4) is 24.0 Å². The van der Waals surface area contributed by atoms with Gasteiger partial charge in [0.25, 0.3) is 5.91 Å². The average Bonchev–Trinajstić information content (AvgIpc) is 2.97. The number of aromatic nitrogens is 1. The highest BCUT2D eigenvalue weighted by Crippen LogP contribution is 2.26. The molecule has 3 amide bonds. The number of likely N-dealkylation sites (tertiary alicyclic amines) is 1. The van der Waals surface area contributed by atoms with Crippen LogP contribution in [-0.4, -0.2) is 67.1 Å². The highest BCUT2D eigenvalue weighted by molar-refractivity contribution is 7.92. The fraction of sp³-hybridized carbons (Fsp3) is 0.323. The third-order valence-corrected chi connectivity index (χ3v) is 7.87. The van der Waals surface area contributed by atoms with Gasteiger partial charge in [-0.1, -0.05) is 6.07 Å². The molecule has 0 spiro atoms. The number of nitrogens with one attached hydrogen (secondary N) is 2. The number of piperidine rings is 1. The number of primary amides is 1. The number of rotatable bonds is 11. The Bertz CT molecular complexity index is 1700. The van der Waals surface area contributed by atoms with Crippen molar-refractivity contribution < 1.29 is 31.5 Å². The second-order valence-electron chi connectivity index (χ2n) is 10.7. The maximum Gasteiger partial charge on any atom is 0.322 e. The molecule has 1 aliphatic rings. The largest absolute Gasteiger partial charge is 0.439 e. The van der Waals surface area contributed by atoms with Crippen LogP contribution in [0.3, 0.4) is 0 Å². The zero-order valence-electron chi connectivity index (χ0n) is 24.8. The van der Waals surface area contributed by atoms with Crippen LogP contribution >= 0.6 is 0 Å². The normalized spacial score (nSPS) is 13.9. The number of benzene rings is 2. The van der Waals surface area contributed by atoms with Crippen LogP contribution in [-0.2, 0) is 16.6 Å². The first-order valence-corrected chi connectivity index (χ1v) is 16.0. The van der Waals surface area contributed by atoms with Gasteiger partial charge in [0.15, 0.2) is 0 Å². The van der Waals surface area contributed by atoms with Crippen LogP contribution in [0.15, 0.2) is 48.5 Å². The standard InChI is InChI=1S/C31H34F2N6O5S/c1-4-5-14-39(31(41)36-28-17-25(30(34)40)26(32)18-27(28)33)23-12-15-38(16-13-23)19-21-6-11-29(35-20(21)2)44-24-9-7-22(8-10-24)37-45(3,42)43/h1,6-11,17-18,23,37H,5,12-16,19H2,2-3H3,(H2,34,40)(H,36,41). The molecule has 3 aromatic rings. The summed E-state index contributed by atoms with van der Waals surface area (Å²) in [5.74, 6) is 0.197. The number of carbonyl (C=O) groups excluding carboxylic acids is 2. The van der Waals surface area contributed by atoms with E-state index in [-0.39, 0.29) is 24.7 Å². The first-order valence-electron chi connectivity index (χ1n) is 14.1. The number of hydrogen-bond donors (Lipinski definition) is 3. The van der Waals surface area contributed by atoms with Gasteiger partial charge < -0.3 is 20.7 Å². The summed E-state index contributed by atoms with van der Waals surface area (Å²) in [5.41, 5.74) is 6.50. The van der Waals surface area contributed by atoms with Crippen molar-refractivity contribution in [3.63, 3.8) is 0 Å². The number of pyridine rings is 1. The Morgan fingerprint density at radius 2 is 1.82 bits per heavy atom. The van der Waals surface area contributed by atoms with E-state index in [9.17, 15) is 26.8 Å². The zero-order valence-corrected chi connectivity index (χ0v) is 25.7. The number of nitrogens with two attached hydrogens (primary N) is 1. The summed E-state index contributed by atoms with van der Waals surface area (Å²) in [6, 6.07) is 10.8. The summed E-state index contributed by atoms with van der Waals surface area (Å²) in [6.45, 7) is 4.10. The summed E-state index contributed by atoms with van der Waals surface area (Å²) < 4.78 is 59.3. The number of terminal acetylenes is 1. The Kier molecular flexibility index (Phi) is 10.6. The topological polar surface area (TPSA) is 147 Å². The van der Waals surface area contributed by atoms with Gasteiger partial charge in [0.05, 0.1) is 17.5 Å². The molecule has 0 radical (unpaired) electrons. The molecule has 1 fully saturated rings. The number of carbonyl (C=O) groups is 2. The predicted molar refractivity (Wildman–Crippen MR) is 166 cm³/mol. The number of nitrogens with zero attached hydrogens (tertiary/aromatic N) is 3. The molecule has 1 aliphatic heterocycles. The number of aryl methyl sites for hydroxylation is 1. The predicted octanol–water partition coefficient (Wildman–Crippen LogP) is 4.45. The Balaban J connectivity index is 1.35. The van der Waals surface area contributed by atoms with Gasteiger partial charge in [0, 0.05) is 62.2 Å². The summed E-state index contributed by atoms with van der Waals surface area (Å²) in [7, 11) is -3.38. The maximum absolute atomic E-state index is 14.4. The van der Waals surface area contributed by atoms with Crippen LogP contribution in [0.1, 0.15) is 40.9 Å². The van der Waals surface area contributed by atoms with Crippen LogP contribution in [0, 0.1) is 30.9 Å². The minimum atomic E-state index is -3.38. The lowest BCUT2D eigenvalue weighted by Crippen LogP contribution is -2.49. The third-order valence-electron chi connectivity index (χ3n) is 7.26. The Morgan fingerprint density at radius 3 is 2.42 bits per heavy atom. The lowest BCUT2D eigenvalue weighted by atomic mass is 10.0. The van der Waals surface area contributed by atoms with Gasteiger partial charge >= 0.3 is 6.03 Å². The molecule has 1 aromatic heterocycles. The molecule has 1 saturated heterocycles. The number of amides is 3. The molecule has 0 unspecified atom stereocenters. The van der Waals surface area contributed by atoms with Gasteiger partial charge in [0.2, 0.25) is 15.9 Å². The fourth-order valence-electron chi connectivity index (χ4n) is 5.00. The second-order valence-corrected chi connectivity index (χ2v) is 12.4. The van der Waals surface area contributed by atoms with Crippen LogP contribution in [0.4, 0.5) is 25.0 Å². The lowest BCUT2D eigenvalue weighted by Gasteiger charge is -2.38. The average molecular weight is 641 g/mol. The van der Waals surface area contributed by atoms with E-state index in [0.717, 1.165) is 23.6 Å². The summed E-state index contributed by atoms with van der Waals surface area (Å²) in [4.78, 5) is 33.0. The number of ether oxygens (including phenoxy) is 1. The van der Waals surface area contributed by atoms with Gasteiger partial charge in [-0.15, -0.1) is 12.3 Å². The van der Waals surface area contributed by atoms with E-state index in [0.29, 0.717) is 55.9 Å². The molecule has 45 heavy (non-hydrogen) atoms. The van der Waals surface area contributed by atoms with Gasteiger partial charge in [-0.25, -0.2) is 27.0 Å². The van der Waals surface area contributed by atoms with Crippen molar-refractivity contribution in [2.24, 2.45) is 5.73 Å². The highest BCUT2D eigenvalue weighted by Gasteiger charge is 2.29. The number of hydrogen-bond acceptors (Lipinski definition) is 7. The molecule has 2 aromatic carbocycles. The molecule has 4 N–H and O–H groups in total. The summed E-state index contributed by atoms with van der Waals surface area (Å²) in [5, 5.41) is 2.44. The van der Waals surface area contributed by atoms with Gasteiger partial charge in [-0.3, -0.25) is 14.4 Å². The summed E-state index contributed by atoms with van der Waals surface area (Å²) >= 11 is 0. The van der Waals surface area contributed by atoms with E-state index in [1.165, 1.54) is 0 Å². The van der Waals surface area contributed by atoms with Crippen LogP contribution < -0.4 is 20.5 Å². The fourth-order valence-corrected chi connectivity index (χ4v) is 5.57. The summed E-state index contributed by atoms with van der Waals surface area (Å²) in [6.07, 6.45) is 8.08. The maximum atomic E-state index is 14.4. The first-order chi connectivity index (χ1) is 21.3. The van der Waals surface area contributed by atoms with E-state index in [2.05, 4.69) is 25.8 Å². The molecule has 0 aliphatic carbocycles. The molecule has 2 heterocycles. The van der Waals surface area contributed by atoms with Crippen molar-refractivity contribution in [1.82, 2.24) is 14.8 Å². The Morgan fingerprint density at radius 1 is 1.13 bits per heavy atom. The molecular weight excluding hydrogens is 606 g/mol. The smallest absolute Gasteiger partial charge is 0.322 e. The molecule has 0 saturated carbocycles. The van der Waals surface area contributed by atoms with Crippen LogP contribution in [0.5, 0.6) is 11.6 Å². The van der Waals surface area contributed by atoms with Crippen molar-refractivity contribution in [1.29, 1.82) is 0 Å². The second kappa shape index (κ2) is 14.4. The quantitative estimate of drug-likeness (QED) is 0.263. The number of sulfonamides is 1. The zero-order chi connectivity index (χ0) is 32.7.